The van der Waals surface area contributed by atoms with Gasteiger partial charge in [-0.25, -0.2) is 14.3 Å². The first-order valence-electron chi connectivity index (χ1n) is 11.2. The van der Waals surface area contributed by atoms with Crippen molar-refractivity contribution in [2.24, 2.45) is 0 Å². The van der Waals surface area contributed by atoms with Crippen LogP contribution >= 0.6 is 11.8 Å². The number of carboxylic acid groups (broad SMARTS) is 1. The van der Waals surface area contributed by atoms with Gasteiger partial charge in [0.2, 0.25) is 5.91 Å². The zero-order valence-corrected chi connectivity index (χ0v) is 19.9. The maximum absolute atomic E-state index is 13.5. The molecule has 0 saturated carbocycles. The van der Waals surface area contributed by atoms with Crippen LogP contribution < -0.4 is 5.32 Å². The zero-order chi connectivity index (χ0) is 25.9. The van der Waals surface area contributed by atoms with E-state index in [0.717, 1.165) is 16.7 Å². The van der Waals surface area contributed by atoms with Crippen LogP contribution in [0.5, 0.6) is 0 Å². The van der Waals surface area contributed by atoms with Gasteiger partial charge in [0.1, 0.15) is 30.0 Å². The van der Waals surface area contributed by atoms with Crippen molar-refractivity contribution in [3.8, 4) is 0 Å². The Morgan fingerprint density at radius 1 is 1.08 bits per heavy atom. The van der Waals surface area contributed by atoms with Crippen molar-refractivity contribution in [3.05, 3.63) is 89.4 Å². The monoisotopic (exact) mass is 520 g/mol. The highest BCUT2D eigenvalue weighted by molar-refractivity contribution is 8.00. The molecule has 0 radical (unpaired) electrons. The number of fused-ring (bicyclic) bond motifs is 1. The van der Waals surface area contributed by atoms with Gasteiger partial charge in [-0.1, -0.05) is 60.7 Å². The van der Waals surface area contributed by atoms with E-state index in [4.69, 9.17) is 4.74 Å². The summed E-state index contributed by atoms with van der Waals surface area (Å²) in [7, 11) is 0. The summed E-state index contributed by atoms with van der Waals surface area (Å²) in [5.74, 6) is -3.42. The summed E-state index contributed by atoms with van der Waals surface area (Å²) in [5, 5.41) is 22.2. The highest BCUT2D eigenvalue weighted by Crippen LogP contribution is 2.41. The van der Waals surface area contributed by atoms with Crippen molar-refractivity contribution in [1.29, 1.82) is 0 Å². The molecule has 3 heterocycles. The largest absolute Gasteiger partial charge is 0.478 e. The van der Waals surface area contributed by atoms with Crippen LogP contribution in [0.25, 0.3) is 0 Å². The molecule has 1 fully saturated rings. The molecule has 2 atom stereocenters. The van der Waals surface area contributed by atoms with Crippen molar-refractivity contribution in [2.45, 2.75) is 24.1 Å². The maximum Gasteiger partial charge on any atom is 0.356 e. The lowest BCUT2D eigenvalue weighted by Crippen LogP contribution is -2.71. The molecular formula is C24H20N6O6S. The number of nitrogens with zero attached hydrogens (tertiary/aromatic N) is 5. The first kappa shape index (κ1) is 24.2. The average molecular weight is 521 g/mol. The minimum atomic E-state index is -1.33. The van der Waals surface area contributed by atoms with Crippen LogP contribution in [0, 0.1) is 0 Å². The molecule has 1 unspecified atom stereocenters. The molecule has 2 aliphatic rings. The summed E-state index contributed by atoms with van der Waals surface area (Å²) in [5.41, 5.74) is 0.801. The Hall–Kier alpha value is -4.52. The highest BCUT2D eigenvalue weighted by atomic mass is 32.2. The number of hydrogen-bond acceptors (Lipinski definition) is 9. The van der Waals surface area contributed by atoms with E-state index >= 15 is 0 Å². The van der Waals surface area contributed by atoms with Crippen LogP contribution in [0.15, 0.2) is 78.3 Å². The number of nitrogens with one attached hydrogen (secondary N) is 1. The second kappa shape index (κ2) is 10.2. The molecule has 0 spiro atoms. The molecule has 2 aliphatic heterocycles. The fourth-order valence-electron chi connectivity index (χ4n) is 4.14. The first-order chi connectivity index (χ1) is 17.9. The van der Waals surface area contributed by atoms with Gasteiger partial charge in [-0.3, -0.25) is 14.5 Å². The number of carbonyl (C=O) groups is 4. The molecule has 5 rings (SSSR count). The molecule has 13 heteroatoms. The number of rotatable bonds is 8. The lowest BCUT2D eigenvalue weighted by Gasteiger charge is -2.49. The summed E-state index contributed by atoms with van der Waals surface area (Å²) >= 11 is 1.14. The second-order valence-corrected chi connectivity index (χ2v) is 9.31. The molecule has 0 bridgehead atoms. The number of ether oxygens (including phenoxy) is 1. The second-order valence-electron chi connectivity index (χ2n) is 8.20. The SMILES string of the molecule is O=C(Cn1cnnn1)NC1C(=O)N2C(C(=O)OC(c3ccccc3)c3ccccc3)=C(C(=O)O)CS[C@@H]12. The van der Waals surface area contributed by atoms with E-state index in [0.29, 0.717) is 11.1 Å². The Balaban J connectivity index is 1.39. The van der Waals surface area contributed by atoms with E-state index in [2.05, 4.69) is 20.8 Å². The number of benzene rings is 2. The van der Waals surface area contributed by atoms with Crippen molar-refractivity contribution < 1.29 is 29.0 Å². The van der Waals surface area contributed by atoms with Gasteiger partial charge in [0.05, 0.1) is 5.57 Å². The number of β-lactam (4-membered cyclic amide) rings is 1. The lowest BCUT2D eigenvalue weighted by atomic mass is 10.0. The minimum Gasteiger partial charge on any atom is -0.478 e. The Kier molecular flexibility index (Phi) is 6.68. The highest BCUT2D eigenvalue weighted by Gasteiger charge is 2.55. The smallest absolute Gasteiger partial charge is 0.356 e. The molecule has 2 amide bonds. The van der Waals surface area contributed by atoms with Crippen LogP contribution in [-0.2, 0) is 30.5 Å². The molecule has 2 aromatic carbocycles. The van der Waals surface area contributed by atoms with Gasteiger partial charge < -0.3 is 15.2 Å². The van der Waals surface area contributed by atoms with E-state index in [-0.39, 0.29) is 23.6 Å². The molecule has 0 aliphatic carbocycles. The van der Waals surface area contributed by atoms with Crippen LogP contribution in [0.1, 0.15) is 17.2 Å². The van der Waals surface area contributed by atoms with E-state index in [9.17, 15) is 24.3 Å². The van der Waals surface area contributed by atoms with Crippen molar-refractivity contribution in [3.63, 3.8) is 0 Å². The van der Waals surface area contributed by atoms with Gasteiger partial charge in [0.15, 0.2) is 6.10 Å². The van der Waals surface area contributed by atoms with Crippen LogP contribution in [0.3, 0.4) is 0 Å². The fraction of sp³-hybridized carbons (Fsp3) is 0.208. The predicted octanol–water partition coefficient (Wildman–Crippen LogP) is 0.745. The number of amides is 2. The molecule has 1 aromatic heterocycles. The lowest BCUT2D eigenvalue weighted by molar-refractivity contribution is -0.155. The third-order valence-corrected chi connectivity index (χ3v) is 7.14. The zero-order valence-electron chi connectivity index (χ0n) is 19.1. The van der Waals surface area contributed by atoms with Gasteiger partial charge in [-0.15, -0.1) is 16.9 Å². The standard InChI is InChI=1S/C24H20N6O6S/c31-17(11-29-13-25-27-28-29)26-18-21(32)30-19(16(23(33)34)12-37-22(18)30)24(35)36-20(14-7-3-1-4-8-14)15-9-5-2-6-10-15/h1-10,13,18,20,22H,11-12H2,(H,26,31)(H,33,34)/t18?,22-/m0/s1. The van der Waals surface area contributed by atoms with Crippen LogP contribution in [-0.4, -0.2) is 71.1 Å². The number of carbonyl (C=O) groups excluding carboxylic acids is 3. The maximum atomic E-state index is 13.5. The Labute approximate surface area is 214 Å². The van der Waals surface area contributed by atoms with E-state index in [1.165, 1.54) is 11.0 Å². The van der Waals surface area contributed by atoms with Gasteiger partial charge >= 0.3 is 11.9 Å². The van der Waals surface area contributed by atoms with Gasteiger partial charge in [0.25, 0.3) is 5.91 Å². The Morgan fingerprint density at radius 3 is 2.30 bits per heavy atom. The summed E-state index contributed by atoms with van der Waals surface area (Å²) < 4.78 is 7.05. The van der Waals surface area contributed by atoms with Crippen molar-refractivity contribution in [2.75, 3.05) is 5.75 Å². The molecule has 37 heavy (non-hydrogen) atoms. The number of carboxylic acids is 1. The number of thioether (sulfide) groups is 1. The number of esters is 1. The summed E-state index contributed by atoms with van der Waals surface area (Å²) in [4.78, 5) is 52.0. The molecule has 3 aromatic rings. The fourth-order valence-corrected chi connectivity index (χ4v) is 5.47. The number of aliphatic carboxylic acids is 1. The van der Waals surface area contributed by atoms with E-state index < -0.39 is 41.3 Å². The minimum absolute atomic E-state index is 0.0467. The van der Waals surface area contributed by atoms with Crippen LogP contribution in [0.2, 0.25) is 0 Å². The number of tetrazole rings is 1. The summed E-state index contributed by atoms with van der Waals surface area (Å²) in [6, 6.07) is 17.1. The van der Waals surface area contributed by atoms with Gasteiger partial charge in [-0.2, -0.15) is 0 Å². The molecule has 2 N–H and O–H groups in total. The Bertz CT molecular complexity index is 1330. The number of aromatic nitrogens is 4. The topological polar surface area (TPSA) is 157 Å². The molecular weight excluding hydrogens is 500 g/mol. The average Bonchev–Trinajstić information content (AvgIpc) is 3.43. The predicted molar refractivity (Wildman–Crippen MR) is 128 cm³/mol. The molecule has 12 nitrogen and oxygen atoms in total. The Morgan fingerprint density at radius 2 is 1.73 bits per heavy atom. The summed E-state index contributed by atoms with van der Waals surface area (Å²) in [6.07, 6.45) is 0.434. The third-order valence-electron chi connectivity index (χ3n) is 5.86. The summed E-state index contributed by atoms with van der Waals surface area (Å²) in [6.45, 7) is -0.199. The quantitative estimate of drug-likeness (QED) is 0.321. The number of hydrogen-bond donors (Lipinski definition) is 2. The van der Waals surface area contributed by atoms with Gasteiger partial charge in [0, 0.05) is 5.75 Å². The van der Waals surface area contributed by atoms with E-state index in [1.807, 2.05) is 12.1 Å². The normalized spacial score (nSPS) is 18.7. The van der Waals surface area contributed by atoms with E-state index in [1.54, 1.807) is 48.5 Å². The van der Waals surface area contributed by atoms with Gasteiger partial charge in [-0.05, 0) is 21.6 Å². The molecule has 1 saturated heterocycles. The third kappa shape index (κ3) is 4.80. The van der Waals surface area contributed by atoms with Crippen LogP contribution in [0.4, 0.5) is 0 Å². The molecule has 188 valence electrons. The van der Waals surface area contributed by atoms with Crippen molar-refractivity contribution in [1.82, 2.24) is 30.4 Å². The van der Waals surface area contributed by atoms with Crippen molar-refractivity contribution >= 4 is 35.5 Å². The first-order valence-corrected chi connectivity index (χ1v) is 12.2.